The van der Waals surface area contributed by atoms with Gasteiger partial charge in [0.05, 0.1) is 0 Å². The maximum Gasteiger partial charge on any atom is 0.0236 e. The topological polar surface area (TPSA) is 3.24 Å². The summed E-state index contributed by atoms with van der Waals surface area (Å²) in [5.41, 5.74) is 1.83. The van der Waals surface area contributed by atoms with E-state index in [4.69, 9.17) is 0 Å². The number of nitrogens with zero attached hydrogens (tertiary/aromatic N) is 1. The molecule has 0 fully saturated rings. The van der Waals surface area contributed by atoms with Crippen LogP contribution in [0.5, 0.6) is 0 Å². The van der Waals surface area contributed by atoms with Crippen molar-refractivity contribution in [3.05, 3.63) is 35.9 Å². The van der Waals surface area contributed by atoms with Crippen LogP contribution in [0.1, 0.15) is 40.2 Å². The monoisotopic (exact) mass is 219 g/mol. The van der Waals surface area contributed by atoms with Gasteiger partial charge in [-0.25, -0.2) is 0 Å². The van der Waals surface area contributed by atoms with Crippen molar-refractivity contribution in [2.24, 2.45) is 5.41 Å². The number of rotatable bonds is 3. The standard InChI is InChI=1S/C15H25N/c1-14(2,3)15(4,5)16(6)12-13-10-8-7-9-11-13/h7-11H,12H2,1-6H3. The molecule has 90 valence electrons. The fraction of sp³-hybridized carbons (Fsp3) is 0.600. The summed E-state index contributed by atoms with van der Waals surface area (Å²) in [6.07, 6.45) is 0. The molecule has 0 N–H and O–H groups in total. The van der Waals surface area contributed by atoms with Crippen LogP contribution in [0.25, 0.3) is 0 Å². The third kappa shape index (κ3) is 2.85. The van der Waals surface area contributed by atoms with Crippen LogP contribution >= 0.6 is 0 Å². The fourth-order valence-electron chi connectivity index (χ4n) is 1.63. The third-order valence-corrected chi connectivity index (χ3v) is 4.05. The molecule has 0 atom stereocenters. The molecule has 1 nitrogen and oxygen atoms in total. The summed E-state index contributed by atoms with van der Waals surface area (Å²) in [6.45, 7) is 12.5. The van der Waals surface area contributed by atoms with E-state index in [9.17, 15) is 0 Å². The molecule has 0 aliphatic carbocycles. The van der Waals surface area contributed by atoms with Gasteiger partial charge in [0.15, 0.2) is 0 Å². The summed E-state index contributed by atoms with van der Waals surface area (Å²) in [7, 11) is 2.21. The summed E-state index contributed by atoms with van der Waals surface area (Å²) in [6, 6.07) is 10.7. The van der Waals surface area contributed by atoms with Gasteiger partial charge in [0.25, 0.3) is 0 Å². The van der Waals surface area contributed by atoms with E-state index in [0.717, 1.165) is 6.54 Å². The highest BCUT2D eigenvalue weighted by molar-refractivity contribution is 5.15. The Bertz CT molecular complexity index is 319. The minimum Gasteiger partial charge on any atom is -0.296 e. The van der Waals surface area contributed by atoms with E-state index in [1.54, 1.807) is 0 Å². The zero-order valence-electron chi connectivity index (χ0n) is 11.5. The van der Waals surface area contributed by atoms with Crippen LogP contribution in [0.15, 0.2) is 30.3 Å². The Balaban J connectivity index is 2.76. The van der Waals surface area contributed by atoms with Crippen molar-refractivity contribution in [1.29, 1.82) is 0 Å². The maximum absolute atomic E-state index is 2.43. The van der Waals surface area contributed by atoms with E-state index in [-0.39, 0.29) is 11.0 Å². The van der Waals surface area contributed by atoms with Gasteiger partial charge in [0.1, 0.15) is 0 Å². The van der Waals surface area contributed by atoms with Gasteiger partial charge in [-0.05, 0) is 31.9 Å². The normalized spacial score (nSPS) is 13.2. The predicted molar refractivity (Wildman–Crippen MR) is 71.4 cm³/mol. The van der Waals surface area contributed by atoms with Gasteiger partial charge in [-0.2, -0.15) is 0 Å². The lowest BCUT2D eigenvalue weighted by Crippen LogP contribution is -2.50. The van der Waals surface area contributed by atoms with Crippen LogP contribution in [-0.2, 0) is 6.54 Å². The average Bonchev–Trinajstić information content (AvgIpc) is 2.17. The van der Waals surface area contributed by atoms with Crippen molar-refractivity contribution >= 4 is 0 Å². The zero-order valence-corrected chi connectivity index (χ0v) is 11.5. The van der Waals surface area contributed by atoms with E-state index in [1.165, 1.54) is 5.56 Å². The highest BCUT2D eigenvalue weighted by atomic mass is 15.2. The molecular weight excluding hydrogens is 194 g/mol. The quantitative estimate of drug-likeness (QED) is 0.744. The molecule has 1 aromatic rings. The number of benzene rings is 1. The molecule has 1 aromatic carbocycles. The Morgan fingerprint density at radius 1 is 0.938 bits per heavy atom. The average molecular weight is 219 g/mol. The lowest BCUT2D eigenvalue weighted by Gasteiger charge is -2.46. The first-order valence-corrected chi connectivity index (χ1v) is 6.00. The van der Waals surface area contributed by atoms with Gasteiger partial charge < -0.3 is 0 Å². The van der Waals surface area contributed by atoms with E-state index >= 15 is 0 Å². The van der Waals surface area contributed by atoms with Gasteiger partial charge in [-0.3, -0.25) is 4.90 Å². The SMILES string of the molecule is CN(Cc1ccccc1)C(C)(C)C(C)(C)C. The Morgan fingerprint density at radius 3 is 1.88 bits per heavy atom. The lowest BCUT2D eigenvalue weighted by atomic mass is 9.75. The Morgan fingerprint density at radius 2 is 1.44 bits per heavy atom. The molecular formula is C15H25N. The highest BCUT2D eigenvalue weighted by Crippen LogP contribution is 2.34. The van der Waals surface area contributed by atoms with Crippen molar-refractivity contribution in [1.82, 2.24) is 4.90 Å². The van der Waals surface area contributed by atoms with Gasteiger partial charge in [0, 0.05) is 12.1 Å². The Kier molecular flexibility index (Phi) is 3.80. The molecule has 0 aromatic heterocycles. The minimum atomic E-state index is 0.183. The van der Waals surface area contributed by atoms with E-state index in [2.05, 4.69) is 76.9 Å². The highest BCUT2D eigenvalue weighted by Gasteiger charge is 2.36. The maximum atomic E-state index is 2.43. The van der Waals surface area contributed by atoms with Crippen LogP contribution in [0.2, 0.25) is 0 Å². The second kappa shape index (κ2) is 4.58. The van der Waals surface area contributed by atoms with E-state index in [0.29, 0.717) is 0 Å². The predicted octanol–water partition coefficient (Wildman–Crippen LogP) is 3.94. The summed E-state index contributed by atoms with van der Waals surface area (Å²) in [5.74, 6) is 0. The molecule has 16 heavy (non-hydrogen) atoms. The van der Waals surface area contributed by atoms with Crippen LogP contribution < -0.4 is 0 Å². The van der Waals surface area contributed by atoms with Crippen molar-refractivity contribution in [3.63, 3.8) is 0 Å². The molecule has 0 saturated carbocycles. The lowest BCUT2D eigenvalue weighted by molar-refractivity contribution is 0.0374. The summed E-state index contributed by atoms with van der Waals surface area (Å²) in [5, 5.41) is 0. The molecule has 0 amide bonds. The van der Waals surface area contributed by atoms with E-state index in [1.807, 2.05) is 0 Å². The summed E-state index contributed by atoms with van der Waals surface area (Å²) in [4.78, 5) is 2.43. The molecule has 0 unspecified atom stereocenters. The Hall–Kier alpha value is -0.820. The molecule has 0 spiro atoms. The summed E-state index contributed by atoms with van der Waals surface area (Å²) >= 11 is 0. The second-order valence-electron chi connectivity index (χ2n) is 6.15. The van der Waals surface area contributed by atoms with Crippen LogP contribution in [0, 0.1) is 5.41 Å². The second-order valence-corrected chi connectivity index (χ2v) is 6.15. The largest absolute Gasteiger partial charge is 0.296 e. The molecule has 0 aliphatic heterocycles. The fourth-order valence-corrected chi connectivity index (χ4v) is 1.63. The molecule has 0 saturated heterocycles. The molecule has 0 bridgehead atoms. The molecule has 1 rings (SSSR count). The molecule has 0 heterocycles. The summed E-state index contributed by atoms with van der Waals surface area (Å²) < 4.78 is 0. The van der Waals surface area contributed by atoms with Crippen LogP contribution in [0.3, 0.4) is 0 Å². The molecule has 1 heteroatoms. The first-order chi connectivity index (χ1) is 7.25. The number of hydrogen-bond donors (Lipinski definition) is 0. The first kappa shape index (κ1) is 13.2. The van der Waals surface area contributed by atoms with Crippen molar-refractivity contribution in [2.75, 3.05) is 7.05 Å². The zero-order chi connectivity index (χ0) is 12.4. The number of hydrogen-bond acceptors (Lipinski definition) is 1. The van der Waals surface area contributed by atoms with Gasteiger partial charge in [0.2, 0.25) is 0 Å². The van der Waals surface area contributed by atoms with Crippen molar-refractivity contribution in [3.8, 4) is 0 Å². The molecule has 0 radical (unpaired) electrons. The van der Waals surface area contributed by atoms with E-state index < -0.39 is 0 Å². The minimum absolute atomic E-state index is 0.183. The first-order valence-electron chi connectivity index (χ1n) is 6.00. The van der Waals surface area contributed by atoms with Crippen LogP contribution in [0.4, 0.5) is 0 Å². The van der Waals surface area contributed by atoms with Crippen molar-refractivity contribution in [2.45, 2.75) is 46.7 Å². The smallest absolute Gasteiger partial charge is 0.0236 e. The molecule has 0 aliphatic rings. The van der Waals surface area contributed by atoms with Gasteiger partial charge in [-0.1, -0.05) is 51.1 Å². The Labute approximate surface area is 100 Å². The van der Waals surface area contributed by atoms with Crippen LogP contribution in [-0.4, -0.2) is 17.5 Å². The third-order valence-electron chi connectivity index (χ3n) is 4.05. The van der Waals surface area contributed by atoms with Gasteiger partial charge >= 0.3 is 0 Å². The van der Waals surface area contributed by atoms with Crippen molar-refractivity contribution < 1.29 is 0 Å². The van der Waals surface area contributed by atoms with Gasteiger partial charge in [-0.15, -0.1) is 0 Å².